The third kappa shape index (κ3) is 4.60. The summed E-state index contributed by atoms with van der Waals surface area (Å²) in [5.74, 6) is 0. The first-order valence-electron chi connectivity index (χ1n) is 12.5. The van der Waals surface area contributed by atoms with Gasteiger partial charge in [0.25, 0.3) is 0 Å². The first-order chi connectivity index (χ1) is 18.1. The Hall–Kier alpha value is -3.91. The summed E-state index contributed by atoms with van der Waals surface area (Å²) in [5.41, 5.74) is 9.42. The third-order valence-corrected chi connectivity index (χ3v) is 7.04. The molecule has 0 aliphatic heterocycles. The summed E-state index contributed by atoms with van der Waals surface area (Å²) in [6, 6.07) is 43.8. The Bertz CT molecular complexity index is 1640. The van der Waals surface area contributed by atoms with Gasteiger partial charge in [-0.2, -0.15) is 0 Å². The van der Waals surface area contributed by atoms with E-state index in [0.29, 0.717) is 0 Å². The van der Waals surface area contributed by atoms with Crippen molar-refractivity contribution in [3.63, 3.8) is 0 Å². The van der Waals surface area contributed by atoms with E-state index < -0.39 is 0 Å². The Kier molecular flexibility index (Phi) is 7.33. The standard InChI is InChI=1S/C24H18N.C11H8N.Ir/c1-24(2)22-17-9-4-3-8-16(17)13-14-19(22)18-10-7-11-20(23(18)24)21-12-5-6-15-25-21;1-2-6-10(7-3-1)11-8-4-5-9-12-11;/h3-10,12-15H,1-2H3;1-6,8-9H;/q2*-1;. The van der Waals surface area contributed by atoms with Crippen molar-refractivity contribution in [2.75, 3.05) is 0 Å². The van der Waals surface area contributed by atoms with Gasteiger partial charge in [0.2, 0.25) is 0 Å². The molecule has 0 atom stereocenters. The van der Waals surface area contributed by atoms with Gasteiger partial charge in [-0.1, -0.05) is 80.1 Å². The fraction of sp³-hybridized carbons (Fsp3) is 0.0857. The van der Waals surface area contributed by atoms with Gasteiger partial charge in [-0.3, -0.25) is 0 Å². The summed E-state index contributed by atoms with van der Waals surface area (Å²) in [5, 5.41) is 2.64. The van der Waals surface area contributed by atoms with Crippen LogP contribution in [0.25, 0.3) is 44.4 Å². The number of benzene rings is 4. The second kappa shape index (κ2) is 10.8. The van der Waals surface area contributed by atoms with Gasteiger partial charge in [-0.25, -0.2) is 0 Å². The van der Waals surface area contributed by atoms with Crippen LogP contribution in [-0.2, 0) is 25.5 Å². The molecule has 0 saturated carbocycles. The molecule has 0 unspecified atom stereocenters. The minimum absolute atomic E-state index is 0. The van der Waals surface area contributed by atoms with Crippen molar-refractivity contribution in [3.8, 4) is 33.6 Å². The van der Waals surface area contributed by atoms with E-state index in [0.717, 1.165) is 22.5 Å². The normalized spacial score (nSPS) is 12.5. The molecule has 38 heavy (non-hydrogen) atoms. The Morgan fingerprint density at radius 2 is 1.26 bits per heavy atom. The Balaban J connectivity index is 0.000000191. The van der Waals surface area contributed by atoms with Crippen molar-refractivity contribution in [1.82, 2.24) is 9.97 Å². The maximum Gasteiger partial charge on any atom is 0.0160 e. The van der Waals surface area contributed by atoms with Crippen molar-refractivity contribution in [2.24, 2.45) is 0 Å². The molecule has 7 rings (SSSR count). The number of rotatable bonds is 2. The van der Waals surface area contributed by atoms with E-state index in [2.05, 4.69) is 84.5 Å². The number of hydrogen-bond donors (Lipinski definition) is 0. The number of fused-ring (bicyclic) bond motifs is 5. The zero-order chi connectivity index (χ0) is 25.2. The molecule has 0 spiro atoms. The van der Waals surface area contributed by atoms with Crippen molar-refractivity contribution in [3.05, 3.63) is 145 Å². The van der Waals surface area contributed by atoms with Gasteiger partial charge in [-0.05, 0) is 50.8 Å². The van der Waals surface area contributed by atoms with E-state index in [1.54, 1.807) is 6.20 Å². The van der Waals surface area contributed by atoms with E-state index in [1.165, 1.54) is 33.0 Å². The molecule has 1 aliphatic carbocycles. The molecule has 2 aromatic heterocycles. The van der Waals surface area contributed by atoms with Crippen molar-refractivity contribution < 1.29 is 20.1 Å². The zero-order valence-corrected chi connectivity index (χ0v) is 23.7. The molecule has 0 amide bonds. The van der Waals surface area contributed by atoms with Crippen molar-refractivity contribution in [2.45, 2.75) is 19.3 Å². The van der Waals surface area contributed by atoms with Crippen LogP contribution in [0.2, 0.25) is 0 Å². The smallest absolute Gasteiger partial charge is 0.0160 e. The molecule has 1 aliphatic rings. The molecule has 0 fully saturated rings. The molecule has 187 valence electrons. The van der Waals surface area contributed by atoms with E-state index in [4.69, 9.17) is 0 Å². The van der Waals surface area contributed by atoms with Crippen LogP contribution in [0.3, 0.4) is 0 Å². The van der Waals surface area contributed by atoms with Gasteiger partial charge in [0.05, 0.1) is 0 Å². The second-order valence-electron chi connectivity index (χ2n) is 9.68. The average Bonchev–Trinajstić information content (AvgIpc) is 3.22. The molecule has 2 heterocycles. The van der Waals surface area contributed by atoms with Gasteiger partial charge in [0.15, 0.2) is 0 Å². The molecule has 1 radical (unpaired) electrons. The number of hydrogen-bond acceptors (Lipinski definition) is 2. The molecule has 6 aromatic rings. The molecule has 0 saturated heterocycles. The summed E-state index contributed by atoms with van der Waals surface area (Å²) in [4.78, 5) is 8.80. The average molecular weight is 667 g/mol. The van der Waals surface area contributed by atoms with Gasteiger partial charge < -0.3 is 9.97 Å². The van der Waals surface area contributed by atoms with Crippen LogP contribution in [0.1, 0.15) is 25.0 Å². The minimum Gasteiger partial charge on any atom is -0.305 e. The van der Waals surface area contributed by atoms with Crippen LogP contribution in [0.5, 0.6) is 0 Å². The summed E-state index contributed by atoms with van der Waals surface area (Å²) < 4.78 is 0. The first-order valence-corrected chi connectivity index (χ1v) is 12.5. The Morgan fingerprint density at radius 3 is 1.97 bits per heavy atom. The van der Waals surface area contributed by atoms with E-state index >= 15 is 0 Å². The Morgan fingerprint density at radius 1 is 0.579 bits per heavy atom. The molecule has 2 nitrogen and oxygen atoms in total. The molecule has 4 aromatic carbocycles. The predicted octanol–water partition coefficient (Wildman–Crippen LogP) is 8.55. The quantitative estimate of drug-likeness (QED) is 0.173. The first kappa shape index (κ1) is 25.7. The summed E-state index contributed by atoms with van der Waals surface area (Å²) >= 11 is 0. The zero-order valence-electron chi connectivity index (χ0n) is 21.3. The topological polar surface area (TPSA) is 25.8 Å². The molecule has 3 heteroatoms. The van der Waals surface area contributed by atoms with E-state index in [-0.39, 0.29) is 25.5 Å². The minimum atomic E-state index is -0.0872. The maximum absolute atomic E-state index is 4.59. The summed E-state index contributed by atoms with van der Waals surface area (Å²) in [6.07, 6.45) is 3.64. The monoisotopic (exact) mass is 667 g/mol. The molecule has 0 N–H and O–H groups in total. The number of aromatic nitrogens is 2. The van der Waals surface area contributed by atoms with Crippen LogP contribution in [0, 0.1) is 12.1 Å². The maximum atomic E-state index is 4.59. The third-order valence-electron chi connectivity index (χ3n) is 7.04. The fourth-order valence-electron chi connectivity index (χ4n) is 5.45. The summed E-state index contributed by atoms with van der Waals surface area (Å²) in [7, 11) is 0. The molecular formula is C35H26IrN2-2. The van der Waals surface area contributed by atoms with Gasteiger partial charge in [0, 0.05) is 32.5 Å². The van der Waals surface area contributed by atoms with Crippen LogP contribution in [0.15, 0.2) is 122 Å². The fourth-order valence-corrected chi connectivity index (χ4v) is 5.45. The van der Waals surface area contributed by atoms with Crippen LogP contribution >= 0.6 is 0 Å². The second-order valence-corrected chi connectivity index (χ2v) is 9.68. The molecule has 0 bridgehead atoms. The van der Waals surface area contributed by atoms with Crippen LogP contribution < -0.4 is 0 Å². The van der Waals surface area contributed by atoms with Crippen LogP contribution in [-0.4, -0.2) is 9.97 Å². The van der Waals surface area contributed by atoms with E-state index in [1.807, 2.05) is 66.9 Å². The Labute approximate surface area is 237 Å². The van der Waals surface area contributed by atoms with E-state index in [9.17, 15) is 0 Å². The van der Waals surface area contributed by atoms with Crippen molar-refractivity contribution in [1.29, 1.82) is 0 Å². The predicted molar refractivity (Wildman–Crippen MR) is 152 cm³/mol. The van der Waals surface area contributed by atoms with Gasteiger partial charge >= 0.3 is 0 Å². The largest absolute Gasteiger partial charge is 0.305 e. The van der Waals surface area contributed by atoms with Crippen molar-refractivity contribution >= 4 is 10.8 Å². The van der Waals surface area contributed by atoms with Crippen LogP contribution in [0.4, 0.5) is 0 Å². The van der Waals surface area contributed by atoms with Gasteiger partial charge in [-0.15, -0.1) is 65.2 Å². The number of pyridine rings is 2. The SMILES string of the molecule is CC1(C)c2c(-c3ccccn3)[c-]ccc2-c2ccc3ccccc3c21.[Ir].[c-]1ccccc1-c1ccccn1. The van der Waals surface area contributed by atoms with Gasteiger partial charge in [0.1, 0.15) is 0 Å². The number of nitrogens with zero attached hydrogens (tertiary/aromatic N) is 2. The summed E-state index contributed by atoms with van der Waals surface area (Å²) in [6.45, 7) is 4.65. The molecular weight excluding hydrogens is 641 g/mol.